The molecule has 0 heteroatoms. The van der Waals surface area contributed by atoms with Gasteiger partial charge in [-0.3, -0.25) is 0 Å². The van der Waals surface area contributed by atoms with Crippen LogP contribution in [0.4, 0.5) is 0 Å². The van der Waals surface area contributed by atoms with Crippen LogP contribution in [0.15, 0.2) is 60.7 Å². The van der Waals surface area contributed by atoms with E-state index in [2.05, 4.69) is 74.5 Å². The largest absolute Gasteiger partial charge is 0.0832 e. The van der Waals surface area contributed by atoms with E-state index < -0.39 is 0 Å². The van der Waals surface area contributed by atoms with E-state index in [1.165, 1.54) is 22.3 Å². The highest BCUT2D eigenvalue weighted by atomic mass is 14.2. The molecule has 0 radical (unpaired) electrons. The first-order valence-electron chi connectivity index (χ1n) is 7.57. The lowest BCUT2D eigenvalue weighted by atomic mass is 9.83. The minimum Gasteiger partial charge on any atom is -0.0832 e. The van der Waals surface area contributed by atoms with Gasteiger partial charge in [0.05, 0.1) is 0 Å². The van der Waals surface area contributed by atoms with Gasteiger partial charge in [-0.05, 0) is 41.0 Å². The number of benzene rings is 2. The summed E-state index contributed by atoms with van der Waals surface area (Å²) in [5, 5.41) is 0. The predicted octanol–water partition coefficient (Wildman–Crippen LogP) is 5.13. The van der Waals surface area contributed by atoms with E-state index in [-0.39, 0.29) is 0 Å². The third kappa shape index (κ3) is 2.70. The molecule has 0 saturated heterocycles. The quantitative estimate of drug-likeness (QED) is 0.673. The molecule has 0 amide bonds. The van der Waals surface area contributed by atoms with Gasteiger partial charge in [0.2, 0.25) is 0 Å². The van der Waals surface area contributed by atoms with Crippen LogP contribution in [0.25, 0.3) is 0 Å². The van der Waals surface area contributed by atoms with Crippen molar-refractivity contribution < 1.29 is 0 Å². The first-order chi connectivity index (χ1) is 9.74. The average Bonchev–Trinajstić information content (AvgIpc) is 2.47. The van der Waals surface area contributed by atoms with E-state index in [4.69, 9.17) is 0 Å². The van der Waals surface area contributed by atoms with Gasteiger partial charge in [0.15, 0.2) is 0 Å². The van der Waals surface area contributed by atoms with Gasteiger partial charge in [-0.25, -0.2) is 0 Å². The zero-order chi connectivity index (χ0) is 13.9. The molecule has 0 bridgehead atoms. The van der Waals surface area contributed by atoms with E-state index in [1.54, 1.807) is 0 Å². The Hall–Kier alpha value is -1.82. The molecule has 1 aliphatic rings. The molecular weight excluding hydrogens is 240 g/mol. The van der Waals surface area contributed by atoms with Crippen LogP contribution in [0.5, 0.6) is 0 Å². The molecule has 0 spiro atoms. The normalized spacial score (nSPS) is 17.2. The Kier molecular flexibility index (Phi) is 3.73. The van der Waals surface area contributed by atoms with Crippen LogP contribution in [0, 0.1) is 5.92 Å². The van der Waals surface area contributed by atoms with Crippen LogP contribution in [0.3, 0.4) is 0 Å². The molecule has 102 valence electrons. The molecule has 0 N–H and O–H groups in total. The molecule has 1 unspecified atom stereocenters. The van der Waals surface area contributed by atoms with Crippen molar-refractivity contribution in [1.82, 2.24) is 0 Å². The highest BCUT2D eigenvalue weighted by Gasteiger charge is 2.17. The number of hydrogen-bond acceptors (Lipinski definition) is 0. The summed E-state index contributed by atoms with van der Waals surface area (Å²) in [6.45, 7) is 4.54. The molecule has 20 heavy (non-hydrogen) atoms. The van der Waals surface area contributed by atoms with Gasteiger partial charge in [-0.15, -0.1) is 0 Å². The van der Waals surface area contributed by atoms with Gasteiger partial charge >= 0.3 is 0 Å². The molecule has 2 aromatic carbocycles. The lowest BCUT2D eigenvalue weighted by molar-refractivity contribution is 0.647. The first kappa shape index (κ1) is 13.2. The van der Waals surface area contributed by atoms with Gasteiger partial charge in [-0.2, -0.15) is 0 Å². The second-order valence-electron chi connectivity index (χ2n) is 6.15. The Bertz CT molecular complexity index is 602. The third-order valence-corrected chi connectivity index (χ3v) is 4.04. The average molecular weight is 262 g/mol. The highest BCUT2D eigenvalue weighted by Crippen LogP contribution is 2.32. The minimum absolute atomic E-state index is 0.424. The Morgan fingerprint density at radius 2 is 1.75 bits per heavy atom. The molecule has 1 atom stereocenters. The molecule has 0 fully saturated rings. The number of allylic oxidation sites excluding steroid dienone is 2. The van der Waals surface area contributed by atoms with Gasteiger partial charge < -0.3 is 0 Å². The van der Waals surface area contributed by atoms with Gasteiger partial charge in [0.25, 0.3) is 0 Å². The summed E-state index contributed by atoms with van der Waals surface area (Å²) >= 11 is 0. The topological polar surface area (TPSA) is 0 Å². The zero-order valence-electron chi connectivity index (χ0n) is 12.3. The smallest absolute Gasteiger partial charge is 0.0272 e. The molecule has 0 heterocycles. The molecule has 1 aliphatic carbocycles. The Labute approximate surface area is 122 Å². The lowest BCUT2D eigenvalue weighted by Crippen LogP contribution is -2.06. The maximum Gasteiger partial charge on any atom is 0.0272 e. The number of fused-ring (bicyclic) bond motifs is 1. The molecular formula is C20H22. The summed E-state index contributed by atoms with van der Waals surface area (Å²) in [5.41, 5.74) is 5.77. The van der Waals surface area contributed by atoms with Crippen LogP contribution >= 0.6 is 0 Å². The maximum absolute atomic E-state index is 2.35. The molecule has 0 saturated carbocycles. The SMILES string of the molecule is CC(C)Cc1ccc(C2C=CCc3ccccc32)cc1. The van der Waals surface area contributed by atoms with E-state index in [1.807, 2.05) is 0 Å². The van der Waals surface area contributed by atoms with Crippen molar-refractivity contribution >= 4 is 0 Å². The highest BCUT2D eigenvalue weighted by molar-refractivity contribution is 5.45. The number of hydrogen-bond donors (Lipinski definition) is 0. The molecule has 0 aromatic heterocycles. The standard InChI is InChI=1S/C20H22/c1-15(2)14-16-10-12-18(13-11-16)20-9-5-7-17-6-3-4-8-19(17)20/h3-6,8-13,15,20H,7,14H2,1-2H3. The van der Waals surface area contributed by atoms with E-state index in [0.29, 0.717) is 5.92 Å². The second-order valence-corrected chi connectivity index (χ2v) is 6.15. The molecule has 3 rings (SSSR count). The van der Waals surface area contributed by atoms with Gasteiger partial charge in [0, 0.05) is 5.92 Å². The van der Waals surface area contributed by atoms with Gasteiger partial charge in [-0.1, -0.05) is 74.5 Å². The summed E-state index contributed by atoms with van der Waals surface area (Å²) in [7, 11) is 0. The molecule has 0 aliphatic heterocycles. The first-order valence-corrected chi connectivity index (χ1v) is 7.57. The van der Waals surface area contributed by atoms with Crippen molar-refractivity contribution in [3.8, 4) is 0 Å². The summed E-state index contributed by atoms with van der Waals surface area (Å²) < 4.78 is 0. The minimum atomic E-state index is 0.424. The Morgan fingerprint density at radius 3 is 2.50 bits per heavy atom. The monoisotopic (exact) mass is 262 g/mol. The molecule has 0 nitrogen and oxygen atoms in total. The van der Waals surface area contributed by atoms with Crippen molar-refractivity contribution in [2.24, 2.45) is 5.92 Å². The van der Waals surface area contributed by atoms with Crippen molar-refractivity contribution in [3.05, 3.63) is 82.9 Å². The van der Waals surface area contributed by atoms with Crippen molar-refractivity contribution in [2.45, 2.75) is 32.6 Å². The zero-order valence-corrected chi connectivity index (χ0v) is 12.3. The van der Waals surface area contributed by atoms with Crippen LogP contribution in [-0.4, -0.2) is 0 Å². The summed E-state index contributed by atoms with van der Waals surface area (Å²) in [6, 6.07) is 18.0. The van der Waals surface area contributed by atoms with E-state index >= 15 is 0 Å². The van der Waals surface area contributed by atoms with Crippen LogP contribution in [0.2, 0.25) is 0 Å². The van der Waals surface area contributed by atoms with Crippen LogP contribution < -0.4 is 0 Å². The fraction of sp³-hybridized carbons (Fsp3) is 0.300. The van der Waals surface area contributed by atoms with Gasteiger partial charge in [0.1, 0.15) is 0 Å². The summed E-state index contributed by atoms with van der Waals surface area (Å²) in [6.07, 6.45) is 6.88. The van der Waals surface area contributed by atoms with Crippen LogP contribution in [0.1, 0.15) is 42.0 Å². The Balaban J connectivity index is 1.89. The van der Waals surface area contributed by atoms with Crippen molar-refractivity contribution in [2.75, 3.05) is 0 Å². The Morgan fingerprint density at radius 1 is 1.00 bits per heavy atom. The lowest BCUT2D eigenvalue weighted by Gasteiger charge is -2.21. The van der Waals surface area contributed by atoms with Crippen LogP contribution in [-0.2, 0) is 12.8 Å². The van der Waals surface area contributed by atoms with Crippen molar-refractivity contribution in [3.63, 3.8) is 0 Å². The van der Waals surface area contributed by atoms with E-state index in [9.17, 15) is 0 Å². The summed E-state index contributed by atoms with van der Waals surface area (Å²) in [4.78, 5) is 0. The molecule has 2 aromatic rings. The predicted molar refractivity (Wildman–Crippen MR) is 86.1 cm³/mol. The third-order valence-electron chi connectivity index (χ3n) is 4.04. The number of rotatable bonds is 3. The maximum atomic E-state index is 2.35. The summed E-state index contributed by atoms with van der Waals surface area (Å²) in [5.74, 6) is 1.14. The fourth-order valence-electron chi connectivity index (χ4n) is 3.08. The fourth-order valence-corrected chi connectivity index (χ4v) is 3.08. The second kappa shape index (κ2) is 5.66. The van der Waals surface area contributed by atoms with Crippen molar-refractivity contribution in [1.29, 1.82) is 0 Å². The van der Waals surface area contributed by atoms with E-state index in [0.717, 1.165) is 18.8 Å².